The Balaban J connectivity index is 1.74. The Labute approximate surface area is 221 Å². The predicted molar refractivity (Wildman–Crippen MR) is 135 cm³/mol. The number of nitrogens with one attached hydrogen (secondary N) is 1. The van der Waals surface area contributed by atoms with E-state index >= 15 is 0 Å². The van der Waals surface area contributed by atoms with E-state index in [0.29, 0.717) is 12.1 Å². The molecule has 2 amide bonds. The molecule has 0 radical (unpaired) electrons. The summed E-state index contributed by atoms with van der Waals surface area (Å²) in [5.74, 6) is -5.32. The third-order valence-electron chi connectivity index (χ3n) is 5.89. The van der Waals surface area contributed by atoms with Gasteiger partial charge in [0.05, 0.1) is 40.2 Å². The molecule has 13 heteroatoms. The number of carbonyl (C=O) groups is 2. The van der Waals surface area contributed by atoms with Crippen molar-refractivity contribution in [3.8, 4) is 5.69 Å². The van der Waals surface area contributed by atoms with Crippen molar-refractivity contribution in [3.63, 3.8) is 0 Å². The molecule has 2 N–H and O–H groups in total. The van der Waals surface area contributed by atoms with Gasteiger partial charge in [-0.25, -0.2) is 18.2 Å². The average Bonchev–Trinajstić information content (AvgIpc) is 3.19. The van der Waals surface area contributed by atoms with E-state index in [9.17, 15) is 32.7 Å². The molecular formula is C25H15Cl2F3N4O4. The molecule has 1 saturated heterocycles. The molecule has 3 heterocycles. The second-order valence-corrected chi connectivity index (χ2v) is 9.23. The van der Waals surface area contributed by atoms with Gasteiger partial charge in [0.1, 0.15) is 22.9 Å². The van der Waals surface area contributed by atoms with E-state index in [2.05, 4.69) is 10.3 Å². The average molecular weight is 563 g/mol. The van der Waals surface area contributed by atoms with E-state index < -0.39 is 52.0 Å². The molecule has 0 aliphatic carbocycles. The molecule has 38 heavy (non-hydrogen) atoms. The normalized spacial score (nSPS) is 15.4. The van der Waals surface area contributed by atoms with Gasteiger partial charge in [-0.1, -0.05) is 29.3 Å². The molecule has 1 aliphatic rings. The number of hydrogen-bond donors (Lipinski definition) is 2. The smallest absolute Gasteiger partial charge is 0.261 e. The van der Waals surface area contributed by atoms with Crippen molar-refractivity contribution in [1.29, 1.82) is 0 Å². The Hall–Kier alpha value is -3.93. The zero-order valence-electron chi connectivity index (χ0n) is 19.0. The summed E-state index contributed by atoms with van der Waals surface area (Å²) in [6.45, 7) is -0.0834. The summed E-state index contributed by atoms with van der Waals surface area (Å²) in [5, 5.41) is 12.2. The van der Waals surface area contributed by atoms with Crippen LogP contribution in [-0.4, -0.2) is 39.1 Å². The number of anilines is 2. The van der Waals surface area contributed by atoms with Crippen molar-refractivity contribution >= 4 is 57.6 Å². The summed E-state index contributed by atoms with van der Waals surface area (Å²) < 4.78 is 44.2. The van der Waals surface area contributed by atoms with Crippen LogP contribution in [0, 0.1) is 17.5 Å². The van der Waals surface area contributed by atoms with Crippen LogP contribution in [-0.2, 0) is 4.79 Å². The van der Waals surface area contributed by atoms with Crippen molar-refractivity contribution in [2.45, 2.75) is 12.5 Å². The van der Waals surface area contributed by atoms with Gasteiger partial charge in [0.15, 0.2) is 17.3 Å². The van der Waals surface area contributed by atoms with Crippen LogP contribution in [0.3, 0.4) is 0 Å². The zero-order valence-corrected chi connectivity index (χ0v) is 20.5. The molecular weight excluding hydrogens is 548 g/mol. The molecule has 4 aromatic rings. The maximum atomic E-state index is 14.9. The number of pyridine rings is 2. The van der Waals surface area contributed by atoms with Crippen LogP contribution in [0.1, 0.15) is 16.8 Å². The number of nitrogens with zero attached hydrogens (tertiary/aromatic N) is 3. The number of benzene rings is 2. The third kappa shape index (κ3) is 4.49. The molecule has 1 atom stereocenters. The van der Waals surface area contributed by atoms with Crippen molar-refractivity contribution in [1.82, 2.24) is 9.55 Å². The van der Waals surface area contributed by atoms with Crippen molar-refractivity contribution < 1.29 is 27.9 Å². The Morgan fingerprint density at radius 2 is 1.71 bits per heavy atom. The first-order valence-corrected chi connectivity index (χ1v) is 11.8. The van der Waals surface area contributed by atoms with Crippen LogP contribution in [0.2, 0.25) is 10.0 Å². The van der Waals surface area contributed by atoms with Crippen LogP contribution in [0.15, 0.2) is 53.5 Å². The minimum Gasteiger partial charge on any atom is -0.391 e. The summed E-state index contributed by atoms with van der Waals surface area (Å²) in [6.07, 6.45) is -0.254. The number of amides is 2. The number of hydrogen-bond acceptors (Lipinski definition) is 5. The number of aromatic nitrogens is 2. The molecule has 0 spiro atoms. The fourth-order valence-electron chi connectivity index (χ4n) is 4.15. The highest BCUT2D eigenvalue weighted by Gasteiger charge is 2.31. The molecule has 2 aromatic heterocycles. The zero-order chi connectivity index (χ0) is 27.3. The lowest BCUT2D eigenvalue weighted by molar-refractivity contribution is -0.117. The fraction of sp³-hybridized carbons (Fsp3) is 0.120. The summed E-state index contributed by atoms with van der Waals surface area (Å²) in [4.78, 5) is 44.2. The van der Waals surface area contributed by atoms with Gasteiger partial charge in [-0.2, -0.15) is 0 Å². The molecule has 0 bridgehead atoms. The Morgan fingerprint density at radius 3 is 2.32 bits per heavy atom. The lowest BCUT2D eigenvalue weighted by Crippen LogP contribution is -2.28. The van der Waals surface area contributed by atoms with E-state index in [4.69, 9.17) is 23.2 Å². The first-order chi connectivity index (χ1) is 18.0. The lowest BCUT2D eigenvalue weighted by Gasteiger charge is -2.18. The van der Waals surface area contributed by atoms with E-state index in [1.807, 2.05) is 0 Å². The Bertz CT molecular complexity index is 1670. The Kier molecular flexibility index (Phi) is 6.59. The summed E-state index contributed by atoms with van der Waals surface area (Å²) in [7, 11) is 0. The number of aliphatic hydroxyl groups is 1. The van der Waals surface area contributed by atoms with E-state index in [0.717, 1.165) is 15.7 Å². The maximum Gasteiger partial charge on any atom is 0.261 e. The van der Waals surface area contributed by atoms with Gasteiger partial charge in [0.25, 0.3) is 5.91 Å². The summed E-state index contributed by atoms with van der Waals surface area (Å²) >= 11 is 12.2. The quantitative estimate of drug-likeness (QED) is 0.382. The minimum atomic E-state index is -1.34. The Morgan fingerprint density at radius 1 is 1.05 bits per heavy atom. The van der Waals surface area contributed by atoms with Gasteiger partial charge in [0.2, 0.25) is 11.3 Å². The van der Waals surface area contributed by atoms with Gasteiger partial charge in [-0.15, -0.1) is 0 Å². The van der Waals surface area contributed by atoms with Crippen LogP contribution in [0.25, 0.3) is 16.7 Å². The third-order valence-corrected chi connectivity index (χ3v) is 6.52. The monoisotopic (exact) mass is 562 g/mol. The summed E-state index contributed by atoms with van der Waals surface area (Å²) in [5.41, 5.74) is -2.55. The highest BCUT2D eigenvalue weighted by molar-refractivity contribution is 6.40. The SMILES string of the molecule is O=C(Nc1c(Cl)cccc1Cl)c1cn(-c2c(F)cc(F)cc2F)c2nc(N3CC(O)CC3=O)ccc2c1=O. The molecule has 2 aromatic carbocycles. The number of aliphatic hydroxyl groups excluding tert-OH is 1. The second kappa shape index (κ2) is 9.75. The molecule has 1 fully saturated rings. The number of halogens is 5. The highest BCUT2D eigenvalue weighted by Crippen LogP contribution is 2.31. The first kappa shape index (κ1) is 25.7. The predicted octanol–water partition coefficient (Wildman–Crippen LogP) is 4.46. The first-order valence-electron chi connectivity index (χ1n) is 11.0. The van der Waals surface area contributed by atoms with Crippen LogP contribution in [0.5, 0.6) is 0 Å². The van der Waals surface area contributed by atoms with Crippen LogP contribution < -0.4 is 15.6 Å². The van der Waals surface area contributed by atoms with Gasteiger partial charge < -0.3 is 10.4 Å². The van der Waals surface area contributed by atoms with Crippen LogP contribution in [0.4, 0.5) is 24.7 Å². The lowest BCUT2D eigenvalue weighted by atomic mass is 10.1. The molecule has 0 saturated carbocycles. The van der Waals surface area contributed by atoms with E-state index in [1.165, 1.54) is 30.3 Å². The highest BCUT2D eigenvalue weighted by atomic mass is 35.5. The fourth-order valence-corrected chi connectivity index (χ4v) is 4.64. The van der Waals surface area contributed by atoms with Crippen molar-refractivity contribution in [2.24, 2.45) is 0 Å². The van der Waals surface area contributed by atoms with Crippen LogP contribution >= 0.6 is 23.2 Å². The number of fused-ring (bicyclic) bond motifs is 1. The molecule has 8 nitrogen and oxygen atoms in total. The van der Waals surface area contributed by atoms with Gasteiger partial charge >= 0.3 is 0 Å². The standard InChI is InChI=1S/C25H15Cl2F3N4O4/c26-15-2-1-3-16(27)21(15)32-25(38)14-10-34(22-17(29)6-11(28)7-18(22)30)24-13(23(14)37)4-5-19(31-24)33-9-12(35)8-20(33)36/h1-7,10,12,35H,8-9H2,(H,32,38). The topological polar surface area (TPSA) is 105 Å². The van der Waals surface area contributed by atoms with Crippen molar-refractivity contribution in [2.75, 3.05) is 16.8 Å². The molecule has 5 rings (SSSR count). The van der Waals surface area contributed by atoms with Gasteiger partial charge in [0, 0.05) is 18.3 Å². The largest absolute Gasteiger partial charge is 0.391 e. The molecule has 1 aliphatic heterocycles. The number of para-hydroxylation sites is 1. The van der Waals surface area contributed by atoms with Crippen molar-refractivity contribution in [3.05, 3.63) is 91.9 Å². The molecule has 1 unspecified atom stereocenters. The molecule has 194 valence electrons. The maximum absolute atomic E-state index is 14.9. The number of carbonyl (C=O) groups excluding carboxylic acids is 2. The summed E-state index contributed by atoms with van der Waals surface area (Å²) in [6, 6.07) is 7.82. The van der Waals surface area contributed by atoms with E-state index in [-0.39, 0.29) is 45.5 Å². The van der Waals surface area contributed by atoms with E-state index in [1.54, 1.807) is 0 Å². The minimum absolute atomic E-state index is 0.00446. The number of rotatable bonds is 4. The van der Waals surface area contributed by atoms with Gasteiger partial charge in [-0.3, -0.25) is 23.9 Å². The number of β-amino-alcohol motifs (C(OH)–C–C–N with tert-alkyl or cyclic N) is 1. The van der Waals surface area contributed by atoms with Gasteiger partial charge in [-0.05, 0) is 24.3 Å². The second-order valence-electron chi connectivity index (χ2n) is 8.41.